The van der Waals surface area contributed by atoms with E-state index in [-0.39, 0.29) is 24.6 Å². The Kier molecular flexibility index (Phi) is 5.60. The Morgan fingerprint density at radius 3 is 3.00 bits per heavy atom. The maximum atomic E-state index is 11.7. The SMILES string of the molecule is COCC(CO)NC(=O)[C@H]1CCCCN1. The maximum Gasteiger partial charge on any atom is 0.237 e. The Bertz CT molecular complexity index is 193. The lowest BCUT2D eigenvalue weighted by Crippen LogP contribution is -2.51. The lowest BCUT2D eigenvalue weighted by Gasteiger charge is -2.24. The monoisotopic (exact) mass is 216 g/mol. The minimum absolute atomic E-state index is 0.0363. The number of amides is 1. The number of carbonyl (C=O) groups excluding carboxylic acids is 1. The highest BCUT2D eigenvalue weighted by atomic mass is 16.5. The van der Waals surface area contributed by atoms with Crippen LogP contribution in [-0.2, 0) is 9.53 Å². The van der Waals surface area contributed by atoms with Gasteiger partial charge in [-0.3, -0.25) is 4.79 Å². The average Bonchev–Trinajstić information content (AvgIpc) is 2.29. The van der Waals surface area contributed by atoms with Crippen molar-refractivity contribution in [3.8, 4) is 0 Å². The quantitative estimate of drug-likeness (QED) is 0.565. The summed E-state index contributed by atoms with van der Waals surface area (Å²) in [5, 5.41) is 14.9. The highest BCUT2D eigenvalue weighted by Crippen LogP contribution is 2.06. The molecule has 1 amide bonds. The van der Waals surface area contributed by atoms with E-state index >= 15 is 0 Å². The molecule has 2 atom stereocenters. The molecule has 0 radical (unpaired) electrons. The molecular formula is C10H20N2O3. The molecule has 15 heavy (non-hydrogen) atoms. The third-order valence-electron chi connectivity index (χ3n) is 2.56. The van der Waals surface area contributed by atoms with E-state index < -0.39 is 0 Å². The van der Waals surface area contributed by atoms with Crippen LogP contribution in [0.3, 0.4) is 0 Å². The summed E-state index contributed by atoms with van der Waals surface area (Å²) in [4.78, 5) is 11.7. The molecule has 0 aromatic heterocycles. The Morgan fingerprint density at radius 1 is 1.67 bits per heavy atom. The number of carbonyl (C=O) groups is 1. The Hall–Kier alpha value is -0.650. The number of aliphatic hydroxyl groups excluding tert-OH is 1. The van der Waals surface area contributed by atoms with Crippen LogP contribution in [-0.4, -0.2) is 50.0 Å². The van der Waals surface area contributed by atoms with Gasteiger partial charge in [-0.1, -0.05) is 6.42 Å². The van der Waals surface area contributed by atoms with Gasteiger partial charge in [-0.25, -0.2) is 0 Å². The first-order valence-electron chi connectivity index (χ1n) is 5.41. The van der Waals surface area contributed by atoms with Crippen molar-refractivity contribution in [3.05, 3.63) is 0 Å². The summed E-state index contributed by atoms with van der Waals surface area (Å²) in [6.07, 6.45) is 3.08. The number of hydrogen-bond donors (Lipinski definition) is 3. The van der Waals surface area contributed by atoms with Crippen molar-refractivity contribution < 1.29 is 14.6 Å². The summed E-state index contributed by atoms with van der Waals surface area (Å²) in [5.74, 6) is -0.0363. The minimum atomic E-state index is -0.300. The van der Waals surface area contributed by atoms with E-state index in [2.05, 4.69) is 10.6 Å². The first-order chi connectivity index (χ1) is 7.27. The van der Waals surface area contributed by atoms with Gasteiger partial charge in [0.05, 0.1) is 25.3 Å². The lowest BCUT2D eigenvalue weighted by molar-refractivity contribution is -0.125. The van der Waals surface area contributed by atoms with E-state index in [4.69, 9.17) is 9.84 Å². The fraction of sp³-hybridized carbons (Fsp3) is 0.900. The second kappa shape index (κ2) is 6.76. The van der Waals surface area contributed by atoms with Crippen LogP contribution < -0.4 is 10.6 Å². The van der Waals surface area contributed by atoms with Crippen LogP contribution >= 0.6 is 0 Å². The number of hydrogen-bond acceptors (Lipinski definition) is 4. The van der Waals surface area contributed by atoms with Gasteiger partial charge < -0.3 is 20.5 Å². The smallest absolute Gasteiger partial charge is 0.237 e. The zero-order valence-corrected chi connectivity index (χ0v) is 9.16. The normalized spacial score (nSPS) is 23.5. The van der Waals surface area contributed by atoms with Gasteiger partial charge in [0.2, 0.25) is 5.91 Å². The topological polar surface area (TPSA) is 70.6 Å². The molecule has 5 nitrogen and oxygen atoms in total. The molecule has 1 heterocycles. The van der Waals surface area contributed by atoms with Crippen LogP contribution in [0, 0.1) is 0 Å². The van der Waals surface area contributed by atoms with Crippen LogP contribution in [0.4, 0.5) is 0 Å². The van der Waals surface area contributed by atoms with E-state index in [1.54, 1.807) is 7.11 Å². The number of methoxy groups -OCH3 is 1. The Balaban J connectivity index is 2.31. The third kappa shape index (κ3) is 4.15. The fourth-order valence-electron chi connectivity index (χ4n) is 1.72. The standard InChI is InChI=1S/C10H20N2O3/c1-15-7-8(6-13)12-10(14)9-4-2-3-5-11-9/h8-9,11,13H,2-7H2,1H3,(H,12,14)/t8?,9-/m1/s1. The predicted molar refractivity (Wildman–Crippen MR) is 56.5 cm³/mol. The van der Waals surface area contributed by atoms with E-state index in [0.29, 0.717) is 6.61 Å². The zero-order valence-electron chi connectivity index (χ0n) is 9.16. The van der Waals surface area contributed by atoms with Gasteiger partial charge in [-0.05, 0) is 19.4 Å². The zero-order chi connectivity index (χ0) is 11.1. The molecule has 3 N–H and O–H groups in total. The molecule has 1 saturated heterocycles. The third-order valence-corrected chi connectivity index (χ3v) is 2.56. The van der Waals surface area contributed by atoms with E-state index in [1.807, 2.05) is 0 Å². The first kappa shape index (κ1) is 12.4. The number of ether oxygens (including phenoxy) is 1. The summed E-state index contributed by atoms with van der Waals surface area (Å²) >= 11 is 0. The van der Waals surface area contributed by atoms with Crippen LogP contribution in [0.5, 0.6) is 0 Å². The van der Waals surface area contributed by atoms with Crippen molar-refractivity contribution in [2.75, 3.05) is 26.9 Å². The molecule has 0 spiro atoms. The van der Waals surface area contributed by atoms with Crippen molar-refractivity contribution in [1.29, 1.82) is 0 Å². The van der Waals surface area contributed by atoms with E-state index in [0.717, 1.165) is 25.8 Å². The number of rotatable bonds is 5. The van der Waals surface area contributed by atoms with Crippen LogP contribution in [0.2, 0.25) is 0 Å². The van der Waals surface area contributed by atoms with Crippen LogP contribution in [0.1, 0.15) is 19.3 Å². The summed E-state index contributed by atoms with van der Waals surface area (Å²) in [6.45, 7) is 1.15. The van der Waals surface area contributed by atoms with Crippen molar-refractivity contribution in [3.63, 3.8) is 0 Å². The predicted octanol–water partition coefficient (Wildman–Crippen LogP) is -0.748. The van der Waals surface area contributed by atoms with Gasteiger partial charge in [0, 0.05) is 7.11 Å². The van der Waals surface area contributed by atoms with Crippen molar-refractivity contribution in [2.45, 2.75) is 31.3 Å². The van der Waals surface area contributed by atoms with Crippen LogP contribution in [0.25, 0.3) is 0 Å². The number of piperidine rings is 1. The minimum Gasteiger partial charge on any atom is -0.394 e. The molecule has 1 aliphatic rings. The van der Waals surface area contributed by atoms with Gasteiger partial charge in [0.1, 0.15) is 0 Å². The van der Waals surface area contributed by atoms with Crippen molar-refractivity contribution >= 4 is 5.91 Å². The second-order valence-corrected chi connectivity index (χ2v) is 3.85. The summed E-state index contributed by atoms with van der Waals surface area (Å²) in [5.41, 5.74) is 0. The molecule has 0 saturated carbocycles. The molecule has 1 rings (SSSR count). The van der Waals surface area contributed by atoms with Gasteiger partial charge >= 0.3 is 0 Å². The van der Waals surface area contributed by atoms with Gasteiger partial charge in [0.25, 0.3) is 0 Å². The van der Waals surface area contributed by atoms with Crippen molar-refractivity contribution in [1.82, 2.24) is 10.6 Å². The Morgan fingerprint density at radius 2 is 2.47 bits per heavy atom. The molecule has 0 aromatic rings. The number of nitrogens with one attached hydrogen (secondary N) is 2. The molecule has 88 valence electrons. The van der Waals surface area contributed by atoms with Gasteiger partial charge in [-0.2, -0.15) is 0 Å². The first-order valence-corrected chi connectivity index (χ1v) is 5.41. The molecule has 0 aromatic carbocycles. The molecule has 0 aliphatic carbocycles. The van der Waals surface area contributed by atoms with Gasteiger partial charge in [0.15, 0.2) is 0 Å². The molecule has 1 unspecified atom stereocenters. The van der Waals surface area contributed by atoms with Gasteiger partial charge in [-0.15, -0.1) is 0 Å². The largest absolute Gasteiger partial charge is 0.394 e. The second-order valence-electron chi connectivity index (χ2n) is 3.85. The maximum absolute atomic E-state index is 11.7. The lowest BCUT2D eigenvalue weighted by atomic mass is 10.0. The highest BCUT2D eigenvalue weighted by molar-refractivity contribution is 5.82. The summed E-state index contributed by atoms with van der Waals surface area (Å²) in [7, 11) is 1.55. The van der Waals surface area contributed by atoms with E-state index in [1.165, 1.54) is 0 Å². The molecule has 5 heteroatoms. The molecule has 0 bridgehead atoms. The molecule has 1 fully saturated rings. The fourth-order valence-corrected chi connectivity index (χ4v) is 1.72. The van der Waals surface area contributed by atoms with Crippen molar-refractivity contribution in [2.24, 2.45) is 0 Å². The highest BCUT2D eigenvalue weighted by Gasteiger charge is 2.22. The van der Waals surface area contributed by atoms with E-state index in [9.17, 15) is 4.79 Å². The summed E-state index contributed by atoms with van der Waals surface area (Å²) < 4.78 is 4.89. The average molecular weight is 216 g/mol. The molecule has 1 aliphatic heterocycles. The Labute approximate surface area is 90.2 Å². The summed E-state index contributed by atoms with van der Waals surface area (Å²) in [6, 6.07) is -0.407. The number of aliphatic hydroxyl groups is 1. The van der Waals surface area contributed by atoms with Crippen LogP contribution in [0.15, 0.2) is 0 Å². The molecular weight excluding hydrogens is 196 g/mol.